The average molecular weight is 514 g/mol. The molecule has 0 aromatic heterocycles. The molecule has 1 aliphatic carbocycles. The fraction of sp³-hybridized carbons (Fsp3) is 0.269. The van der Waals surface area contributed by atoms with Crippen LogP contribution in [0.1, 0.15) is 29.5 Å². The van der Waals surface area contributed by atoms with Crippen LogP contribution in [0.2, 0.25) is 0 Å². The van der Waals surface area contributed by atoms with Gasteiger partial charge in [-0.2, -0.15) is 0 Å². The highest BCUT2D eigenvalue weighted by atomic mass is 16.6. The number of benzene rings is 2. The highest BCUT2D eigenvalue weighted by molar-refractivity contribution is 5.91. The van der Waals surface area contributed by atoms with Crippen LogP contribution in [0.4, 0.5) is 0 Å². The van der Waals surface area contributed by atoms with Gasteiger partial charge in [0.25, 0.3) is 0 Å². The summed E-state index contributed by atoms with van der Waals surface area (Å²) in [7, 11) is 0. The molecule has 0 spiro atoms. The van der Waals surface area contributed by atoms with Crippen molar-refractivity contribution in [2.24, 2.45) is 0 Å². The molecule has 3 rings (SSSR count). The van der Waals surface area contributed by atoms with Crippen molar-refractivity contribution in [3.8, 4) is 17.2 Å². The number of rotatable bonds is 7. The van der Waals surface area contributed by atoms with Crippen LogP contribution < -0.4 is 0 Å². The van der Waals surface area contributed by atoms with Gasteiger partial charge >= 0.3 is 17.9 Å². The molecule has 2 aromatic carbocycles. The van der Waals surface area contributed by atoms with Crippen LogP contribution in [0.5, 0.6) is 17.2 Å². The Labute approximate surface area is 211 Å². The normalized spacial score (nSPS) is 23.7. The van der Waals surface area contributed by atoms with Gasteiger partial charge in [0.1, 0.15) is 18.0 Å². The summed E-state index contributed by atoms with van der Waals surface area (Å²) in [5.74, 6) is -4.35. The van der Waals surface area contributed by atoms with E-state index in [0.717, 1.165) is 12.2 Å². The molecule has 2 aromatic rings. The number of phenols is 3. The number of aliphatic carboxylic acids is 1. The summed E-state index contributed by atoms with van der Waals surface area (Å²) in [5.41, 5.74) is -0.859. The SMILES string of the molecule is Cc1cc(/C=C/C(=O)O[C@]2(C(=O)O)C[C@@H](O)[C@H](O)[C@H](OC(=O)/C=C/c3ccc(O)c(O)c3)C2)ccc1O. The zero-order chi connectivity index (χ0) is 27.3. The molecular weight excluding hydrogens is 488 g/mol. The third-order valence-electron chi connectivity index (χ3n) is 5.84. The van der Waals surface area contributed by atoms with E-state index in [2.05, 4.69) is 0 Å². The minimum absolute atomic E-state index is 0.0657. The lowest BCUT2D eigenvalue weighted by Crippen LogP contribution is -2.58. The van der Waals surface area contributed by atoms with Crippen molar-refractivity contribution in [3.05, 3.63) is 65.2 Å². The molecule has 1 aliphatic rings. The van der Waals surface area contributed by atoms with E-state index in [4.69, 9.17) is 9.47 Å². The van der Waals surface area contributed by atoms with Gasteiger partial charge in [0.2, 0.25) is 5.60 Å². The average Bonchev–Trinajstić information content (AvgIpc) is 2.83. The second-order valence-electron chi connectivity index (χ2n) is 8.62. The Bertz CT molecular complexity index is 1250. The van der Waals surface area contributed by atoms with E-state index in [1.807, 2.05) is 0 Å². The Kier molecular flexibility index (Phi) is 8.21. The number of esters is 2. The molecule has 11 nitrogen and oxygen atoms in total. The van der Waals surface area contributed by atoms with E-state index in [-0.39, 0.29) is 11.5 Å². The fourth-order valence-electron chi connectivity index (χ4n) is 3.82. The van der Waals surface area contributed by atoms with Gasteiger partial charge in [-0.15, -0.1) is 0 Å². The van der Waals surface area contributed by atoms with Crippen LogP contribution >= 0.6 is 0 Å². The number of carbonyl (C=O) groups is 3. The highest BCUT2D eigenvalue weighted by Gasteiger charge is 2.54. The number of carboxylic acid groups (broad SMARTS) is 1. The summed E-state index contributed by atoms with van der Waals surface area (Å²) >= 11 is 0. The predicted octanol–water partition coefficient (Wildman–Crippen LogP) is 1.63. The van der Waals surface area contributed by atoms with Gasteiger partial charge in [0.15, 0.2) is 11.5 Å². The lowest BCUT2D eigenvalue weighted by molar-refractivity contribution is -0.207. The van der Waals surface area contributed by atoms with Crippen molar-refractivity contribution in [2.45, 2.75) is 43.7 Å². The van der Waals surface area contributed by atoms with Crippen molar-refractivity contribution >= 4 is 30.1 Å². The predicted molar refractivity (Wildman–Crippen MR) is 128 cm³/mol. The number of phenolic OH excluding ortho intramolecular Hbond substituents is 3. The fourth-order valence-corrected chi connectivity index (χ4v) is 3.82. The highest BCUT2D eigenvalue weighted by Crippen LogP contribution is 2.35. The number of aromatic hydroxyl groups is 3. The molecule has 37 heavy (non-hydrogen) atoms. The molecular formula is C26H26O11. The van der Waals surface area contributed by atoms with E-state index in [1.54, 1.807) is 13.0 Å². The molecule has 0 radical (unpaired) electrons. The van der Waals surface area contributed by atoms with E-state index in [1.165, 1.54) is 42.5 Å². The summed E-state index contributed by atoms with van der Waals surface area (Å²) in [5, 5.41) is 58.9. The van der Waals surface area contributed by atoms with Crippen LogP contribution in [-0.4, -0.2) is 72.5 Å². The number of hydrogen-bond acceptors (Lipinski definition) is 10. The zero-order valence-electron chi connectivity index (χ0n) is 19.6. The van der Waals surface area contributed by atoms with E-state index < -0.39 is 60.4 Å². The van der Waals surface area contributed by atoms with Crippen LogP contribution in [0.15, 0.2) is 48.6 Å². The molecule has 196 valence electrons. The largest absolute Gasteiger partial charge is 0.508 e. The van der Waals surface area contributed by atoms with Crippen molar-refractivity contribution < 1.29 is 54.5 Å². The number of aliphatic hydroxyl groups excluding tert-OH is 2. The van der Waals surface area contributed by atoms with Crippen LogP contribution in [-0.2, 0) is 23.9 Å². The molecule has 0 bridgehead atoms. The third-order valence-corrected chi connectivity index (χ3v) is 5.84. The van der Waals surface area contributed by atoms with Gasteiger partial charge in [-0.25, -0.2) is 14.4 Å². The van der Waals surface area contributed by atoms with Crippen LogP contribution in [0, 0.1) is 6.92 Å². The number of hydrogen-bond donors (Lipinski definition) is 6. The third kappa shape index (κ3) is 6.66. The molecule has 1 fully saturated rings. The van der Waals surface area contributed by atoms with Gasteiger partial charge < -0.3 is 40.1 Å². The maximum atomic E-state index is 12.5. The van der Waals surface area contributed by atoms with Crippen LogP contribution in [0.3, 0.4) is 0 Å². The summed E-state index contributed by atoms with van der Waals surface area (Å²) in [6, 6.07) is 8.34. The smallest absolute Gasteiger partial charge is 0.348 e. The summed E-state index contributed by atoms with van der Waals surface area (Å²) in [6.45, 7) is 1.66. The molecule has 0 unspecified atom stereocenters. The monoisotopic (exact) mass is 514 g/mol. The first-order valence-electron chi connectivity index (χ1n) is 11.1. The lowest BCUT2D eigenvalue weighted by atomic mass is 9.79. The Morgan fingerprint density at radius 2 is 1.46 bits per heavy atom. The van der Waals surface area contributed by atoms with E-state index in [9.17, 15) is 45.0 Å². The maximum absolute atomic E-state index is 12.5. The topological polar surface area (TPSA) is 191 Å². The van der Waals surface area contributed by atoms with E-state index >= 15 is 0 Å². The summed E-state index contributed by atoms with van der Waals surface area (Å²) < 4.78 is 10.3. The molecule has 4 atom stereocenters. The first-order chi connectivity index (χ1) is 17.4. The van der Waals surface area contributed by atoms with Crippen molar-refractivity contribution in [1.82, 2.24) is 0 Å². The summed E-state index contributed by atoms with van der Waals surface area (Å²) in [4.78, 5) is 36.9. The quantitative estimate of drug-likeness (QED) is 0.179. The van der Waals surface area contributed by atoms with Gasteiger partial charge in [-0.1, -0.05) is 12.1 Å². The second-order valence-corrected chi connectivity index (χ2v) is 8.62. The molecule has 0 saturated heterocycles. The Morgan fingerprint density at radius 1 is 0.865 bits per heavy atom. The van der Waals surface area contributed by atoms with Gasteiger partial charge in [0, 0.05) is 25.0 Å². The van der Waals surface area contributed by atoms with Crippen LogP contribution in [0.25, 0.3) is 12.2 Å². The lowest BCUT2D eigenvalue weighted by Gasteiger charge is -2.41. The standard InChI is InChI=1S/C26H26O11/c1-14-10-15(2-6-17(14)27)5-9-23(32)37-26(25(34)35)12-20(30)24(33)21(13-26)36-22(31)8-4-16-3-7-18(28)19(29)11-16/h2-11,20-21,24,27-30,33H,12-13H2,1H3,(H,34,35)/b8-4+,9-5+/t20-,21-,24+,26-/m1/s1. The minimum atomic E-state index is -2.29. The van der Waals surface area contributed by atoms with Gasteiger partial charge in [0.05, 0.1) is 6.10 Å². The molecule has 0 aliphatic heterocycles. The first kappa shape index (κ1) is 27.2. The van der Waals surface area contributed by atoms with Gasteiger partial charge in [-0.05, 0) is 60.0 Å². The Balaban J connectivity index is 1.73. The molecule has 11 heteroatoms. The minimum Gasteiger partial charge on any atom is -0.508 e. The molecule has 0 heterocycles. The van der Waals surface area contributed by atoms with Gasteiger partial charge in [-0.3, -0.25) is 0 Å². The number of aryl methyl sites for hydroxylation is 1. The zero-order valence-corrected chi connectivity index (χ0v) is 19.6. The number of ether oxygens (including phenoxy) is 2. The molecule has 6 N–H and O–H groups in total. The van der Waals surface area contributed by atoms with E-state index in [0.29, 0.717) is 16.7 Å². The first-order valence-corrected chi connectivity index (χ1v) is 11.1. The number of carbonyl (C=O) groups excluding carboxylic acids is 2. The molecule has 1 saturated carbocycles. The maximum Gasteiger partial charge on any atom is 0.348 e. The second kappa shape index (κ2) is 11.1. The number of carboxylic acids is 1. The number of aliphatic hydroxyl groups is 2. The van der Waals surface area contributed by atoms with Crippen molar-refractivity contribution in [3.63, 3.8) is 0 Å². The van der Waals surface area contributed by atoms with Crippen molar-refractivity contribution in [2.75, 3.05) is 0 Å². The Morgan fingerprint density at radius 3 is 2.05 bits per heavy atom. The molecule has 0 amide bonds. The Hall–Kier alpha value is -4.35. The summed E-state index contributed by atoms with van der Waals surface area (Å²) in [6.07, 6.45) is -1.61. The van der Waals surface area contributed by atoms with Crippen molar-refractivity contribution in [1.29, 1.82) is 0 Å².